The number of para-hydroxylation sites is 2. The predicted molar refractivity (Wildman–Crippen MR) is 133 cm³/mol. The molecule has 5 heteroatoms. The van der Waals surface area contributed by atoms with Gasteiger partial charge >= 0.3 is 6.09 Å². The standard InChI is InChI=1S/C27H29NO3Si/c1-5-21(12-11-18-29)25-20-22(17-19-32(2,3)4)28(26-16-10-9-15-24(25)26)27(30)31-23-13-7-6-8-14-23/h1,6-10,13-16,20-22,29H,11-12,18H2,2-4H3. The molecule has 2 atom stereocenters. The van der Waals surface area contributed by atoms with E-state index in [0.29, 0.717) is 18.6 Å². The molecule has 1 heterocycles. The van der Waals surface area contributed by atoms with Crippen LogP contribution >= 0.6 is 0 Å². The molecule has 0 bridgehead atoms. The number of carbonyl (C=O) groups excluding carboxylic acids is 1. The van der Waals surface area contributed by atoms with E-state index in [2.05, 4.69) is 37.0 Å². The number of rotatable bonds is 5. The van der Waals surface area contributed by atoms with Gasteiger partial charge in [-0.1, -0.05) is 67.9 Å². The highest BCUT2D eigenvalue weighted by Crippen LogP contribution is 2.39. The van der Waals surface area contributed by atoms with Crippen LogP contribution in [0.15, 0.2) is 60.7 Å². The summed E-state index contributed by atoms with van der Waals surface area (Å²) in [6.07, 6.45) is 8.66. The molecule has 0 aromatic heterocycles. The molecule has 0 radical (unpaired) electrons. The van der Waals surface area contributed by atoms with Gasteiger partial charge in [0.15, 0.2) is 0 Å². The lowest BCUT2D eigenvalue weighted by molar-refractivity contribution is 0.207. The molecule has 0 spiro atoms. The number of terminal acetylenes is 1. The van der Waals surface area contributed by atoms with Gasteiger partial charge < -0.3 is 9.84 Å². The number of aliphatic hydroxyl groups is 1. The molecule has 0 fully saturated rings. The summed E-state index contributed by atoms with van der Waals surface area (Å²) in [5, 5.41) is 9.31. The Kier molecular flexibility index (Phi) is 7.59. The van der Waals surface area contributed by atoms with Crippen molar-refractivity contribution in [2.24, 2.45) is 5.92 Å². The largest absolute Gasteiger partial charge is 0.421 e. The van der Waals surface area contributed by atoms with Gasteiger partial charge in [-0.15, -0.1) is 12.0 Å². The minimum Gasteiger partial charge on any atom is -0.410 e. The average molecular weight is 444 g/mol. The number of aliphatic hydroxyl groups excluding tert-OH is 1. The molecule has 2 aromatic rings. The lowest BCUT2D eigenvalue weighted by Gasteiger charge is -2.34. The first-order chi connectivity index (χ1) is 15.3. The second-order valence-corrected chi connectivity index (χ2v) is 13.5. The van der Waals surface area contributed by atoms with E-state index in [1.165, 1.54) is 0 Å². The van der Waals surface area contributed by atoms with Gasteiger partial charge in [0, 0.05) is 18.1 Å². The highest BCUT2D eigenvalue weighted by atomic mass is 28.3. The Balaban J connectivity index is 2.09. The average Bonchev–Trinajstić information content (AvgIpc) is 2.78. The van der Waals surface area contributed by atoms with Crippen LogP contribution < -0.4 is 9.64 Å². The number of carbonyl (C=O) groups is 1. The molecular formula is C27H29NO3Si. The third-order valence-corrected chi connectivity index (χ3v) is 5.95. The number of hydrogen-bond donors (Lipinski definition) is 1. The van der Waals surface area contributed by atoms with Gasteiger partial charge in [-0.05, 0) is 42.7 Å². The van der Waals surface area contributed by atoms with Crippen molar-refractivity contribution in [3.8, 4) is 29.6 Å². The summed E-state index contributed by atoms with van der Waals surface area (Å²) in [5.74, 6) is 6.50. The Bertz CT molecular complexity index is 1080. The number of amides is 1. The van der Waals surface area contributed by atoms with Crippen LogP contribution in [0.2, 0.25) is 19.6 Å². The van der Waals surface area contributed by atoms with Crippen LogP contribution in [0.4, 0.5) is 10.5 Å². The highest BCUT2D eigenvalue weighted by molar-refractivity contribution is 6.83. The Morgan fingerprint density at radius 3 is 2.50 bits per heavy atom. The third-order valence-electron chi connectivity index (χ3n) is 5.06. The minimum atomic E-state index is -1.69. The van der Waals surface area contributed by atoms with Gasteiger partial charge in [-0.25, -0.2) is 4.79 Å². The second-order valence-electron chi connectivity index (χ2n) is 8.74. The lowest BCUT2D eigenvalue weighted by Crippen LogP contribution is -2.43. The van der Waals surface area contributed by atoms with Crippen molar-refractivity contribution in [3.63, 3.8) is 0 Å². The van der Waals surface area contributed by atoms with E-state index in [0.717, 1.165) is 16.8 Å². The highest BCUT2D eigenvalue weighted by Gasteiger charge is 2.33. The van der Waals surface area contributed by atoms with Crippen molar-refractivity contribution in [2.45, 2.75) is 38.5 Å². The predicted octanol–water partition coefficient (Wildman–Crippen LogP) is 5.36. The molecule has 0 aliphatic carbocycles. The van der Waals surface area contributed by atoms with Gasteiger partial charge in [0.05, 0.1) is 5.69 Å². The molecule has 0 saturated carbocycles. The summed E-state index contributed by atoms with van der Waals surface area (Å²) in [5.41, 5.74) is 5.98. The fourth-order valence-electron chi connectivity index (χ4n) is 3.59. The molecule has 2 unspecified atom stereocenters. The minimum absolute atomic E-state index is 0.0848. The lowest BCUT2D eigenvalue weighted by atomic mass is 9.84. The molecule has 2 aromatic carbocycles. The number of fused-ring (bicyclic) bond motifs is 1. The zero-order valence-electron chi connectivity index (χ0n) is 18.8. The molecule has 3 rings (SSSR count). The summed E-state index contributed by atoms with van der Waals surface area (Å²) in [6.45, 7) is 6.58. The maximum Gasteiger partial charge on any atom is 0.421 e. The van der Waals surface area contributed by atoms with Crippen LogP contribution in [0.5, 0.6) is 5.75 Å². The van der Waals surface area contributed by atoms with Crippen molar-refractivity contribution in [1.82, 2.24) is 0 Å². The Morgan fingerprint density at radius 2 is 1.84 bits per heavy atom. The fourth-order valence-corrected chi connectivity index (χ4v) is 4.17. The van der Waals surface area contributed by atoms with Gasteiger partial charge in [0.2, 0.25) is 0 Å². The number of benzene rings is 2. The van der Waals surface area contributed by atoms with E-state index in [1.54, 1.807) is 17.0 Å². The van der Waals surface area contributed by atoms with E-state index < -0.39 is 20.2 Å². The van der Waals surface area contributed by atoms with Crippen molar-refractivity contribution < 1.29 is 14.6 Å². The first-order valence-electron chi connectivity index (χ1n) is 10.8. The molecule has 1 aliphatic rings. The molecule has 1 aliphatic heterocycles. The molecule has 1 amide bonds. The maximum atomic E-state index is 13.3. The Labute approximate surface area is 191 Å². The number of nitrogens with zero attached hydrogens (tertiary/aromatic N) is 1. The van der Waals surface area contributed by atoms with Gasteiger partial charge in [-0.3, -0.25) is 4.90 Å². The maximum absolute atomic E-state index is 13.3. The monoisotopic (exact) mass is 443 g/mol. The fraction of sp³-hybridized carbons (Fsp3) is 0.296. The second kappa shape index (κ2) is 10.4. The van der Waals surface area contributed by atoms with Crippen molar-refractivity contribution in [1.29, 1.82) is 0 Å². The number of anilines is 1. The van der Waals surface area contributed by atoms with Crippen LogP contribution in [-0.2, 0) is 0 Å². The molecule has 164 valence electrons. The van der Waals surface area contributed by atoms with Crippen LogP contribution in [0.1, 0.15) is 18.4 Å². The number of ether oxygens (including phenoxy) is 1. The Hall–Kier alpha value is -3.25. The van der Waals surface area contributed by atoms with Crippen molar-refractivity contribution >= 4 is 25.4 Å². The summed E-state index contributed by atoms with van der Waals surface area (Å²) in [7, 11) is -1.69. The van der Waals surface area contributed by atoms with Gasteiger partial charge in [0.1, 0.15) is 19.9 Å². The molecule has 4 nitrogen and oxygen atoms in total. The first-order valence-corrected chi connectivity index (χ1v) is 14.3. The van der Waals surface area contributed by atoms with E-state index in [9.17, 15) is 9.90 Å². The normalized spacial score (nSPS) is 16.0. The topological polar surface area (TPSA) is 49.8 Å². The van der Waals surface area contributed by atoms with Crippen molar-refractivity contribution in [3.05, 3.63) is 66.2 Å². The molecule has 1 N–H and O–H groups in total. The van der Waals surface area contributed by atoms with Crippen LogP contribution in [-0.4, -0.2) is 31.9 Å². The molecular weight excluding hydrogens is 414 g/mol. The van der Waals surface area contributed by atoms with E-state index in [-0.39, 0.29) is 12.5 Å². The Morgan fingerprint density at radius 1 is 1.16 bits per heavy atom. The summed E-state index contributed by atoms with van der Waals surface area (Å²) in [4.78, 5) is 14.9. The zero-order valence-corrected chi connectivity index (χ0v) is 19.8. The van der Waals surface area contributed by atoms with Gasteiger partial charge in [-0.2, -0.15) is 0 Å². The first kappa shape index (κ1) is 23.4. The molecule has 0 saturated heterocycles. The summed E-state index contributed by atoms with van der Waals surface area (Å²) >= 11 is 0. The van der Waals surface area contributed by atoms with Crippen molar-refractivity contribution in [2.75, 3.05) is 11.5 Å². The number of allylic oxidation sites excluding steroid dienone is 1. The van der Waals surface area contributed by atoms with Gasteiger partial charge in [0.25, 0.3) is 0 Å². The van der Waals surface area contributed by atoms with E-state index in [1.807, 2.05) is 48.5 Å². The zero-order chi connectivity index (χ0) is 23.1. The van der Waals surface area contributed by atoms with E-state index in [4.69, 9.17) is 11.2 Å². The smallest absolute Gasteiger partial charge is 0.410 e. The summed E-state index contributed by atoms with van der Waals surface area (Å²) in [6, 6.07) is 16.2. The van der Waals surface area contributed by atoms with E-state index >= 15 is 0 Å². The SMILES string of the molecule is C#CC(CCCO)C1=CC(C#C[Si](C)(C)C)N(C(=O)Oc2ccccc2)c2ccccc21. The number of hydrogen-bond acceptors (Lipinski definition) is 3. The quantitative estimate of drug-likeness (QED) is 0.500. The molecule has 32 heavy (non-hydrogen) atoms. The van der Waals surface area contributed by atoms with Crippen LogP contribution in [0, 0.1) is 29.7 Å². The van der Waals surface area contributed by atoms with Crippen LogP contribution in [0.25, 0.3) is 5.57 Å². The third kappa shape index (κ3) is 5.71. The summed E-state index contributed by atoms with van der Waals surface area (Å²) < 4.78 is 5.69. The van der Waals surface area contributed by atoms with Crippen LogP contribution in [0.3, 0.4) is 0 Å².